The average molecular weight is 562 g/mol. The number of nitrogens with zero attached hydrogens (tertiary/aromatic N) is 2. The van der Waals surface area contributed by atoms with Gasteiger partial charge in [0.05, 0.1) is 12.2 Å². The predicted molar refractivity (Wildman–Crippen MR) is 150 cm³/mol. The Morgan fingerprint density at radius 2 is 1.89 bits per heavy atom. The van der Waals surface area contributed by atoms with Crippen LogP contribution in [0.1, 0.15) is 83.4 Å². The number of nitrogens with one attached hydrogen (secondary N) is 1. The molecule has 0 aliphatic heterocycles. The molecule has 3 aromatic rings. The van der Waals surface area contributed by atoms with Crippen molar-refractivity contribution in [3.05, 3.63) is 44.9 Å². The highest BCUT2D eigenvalue weighted by Crippen LogP contribution is 2.48. The van der Waals surface area contributed by atoms with Crippen LogP contribution in [0.3, 0.4) is 0 Å². The third kappa shape index (κ3) is 7.20. The molecule has 3 heterocycles. The van der Waals surface area contributed by atoms with Gasteiger partial charge in [0.2, 0.25) is 0 Å². The minimum absolute atomic E-state index is 0.255. The monoisotopic (exact) mass is 561 g/mol. The van der Waals surface area contributed by atoms with E-state index in [-0.39, 0.29) is 11.2 Å². The number of alkyl carbamates (subject to hydrolysis) is 1. The number of hydrogen-bond donors (Lipinski definition) is 1. The molecular formula is C28H36ClN3O5S. The summed E-state index contributed by atoms with van der Waals surface area (Å²) in [7, 11) is 0. The van der Waals surface area contributed by atoms with E-state index in [1.54, 1.807) is 22.3 Å². The first-order chi connectivity index (χ1) is 17.7. The number of fused-ring (bicyclic) bond motifs is 1. The minimum Gasteiger partial charge on any atom is -0.457 e. The zero-order chi connectivity index (χ0) is 27.8. The summed E-state index contributed by atoms with van der Waals surface area (Å²) in [4.78, 5) is 32.9. The van der Waals surface area contributed by atoms with Gasteiger partial charge in [0.15, 0.2) is 5.58 Å². The lowest BCUT2D eigenvalue weighted by Gasteiger charge is -2.27. The molecule has 4 rings (SSSR count). The topological polar surface area (TPSA) is 93.9 Å². The van der Waals surface area contributed by atoms with E-state index in [1.165, 1.54) is 0 Å². The van der Waals surface area contributed by atoms with E-state index in [4.69, 9.17) is 25.5 Å². The summed E-state index contributed by atoms with van der Waals surface area (Å²) in [6.45, 7) is 13.2. The molecular weight excluding hydrogens is 526 g/mol. The number of ether oxygens (including phenoxy) is 2. The van der Waals surface area contributed by atoms with Crippen molar-refractivity contribution in [2.75, 3.05) is 4.90 Å². The number of hydrogen-bond acceptors (Lipinski definition) is 7. The maximum atomic E-state index is 13.4. The van der Waals surface area contributed by atoms with Gasteiger partial charge in [-0.3, -0.25) is 4.90 Å². The summed E-state index contributed by atoms with van der Waals surface area (Å²) in [6, 6.07) is 5.30. The number of amides is 2. The van der Waals surface area contributed by atoms with Gasteiger partial charge >= 0.3 is 12.2 Å². The number of anilines is 1. The molecule has 3 aromatic heterocycles. The zero-order valence-corrected chi connectivity index (χ0v) is 24.6. The van der Waals surface area contributed by atoms with Crippen LogP contribution in [-0.4, -0.2) is 34.4 Å². The molecule has 1 aliphatic carbocycles. The molecule has 2 amide bonds. The van der Waals surface area contributed by atoms with Crippen LogP contribution in [0.5, 0.6) is 0 Å². The molecule has 1 saturated carbocycles. The Morgan fingerprint density at radius 1 is 1.21 bits per heavy atom. The first-order valence-electron chi connectivity index (χ1n) is 12.8. The fourth-order valence-electron chi connectivity index (χ4n) is 4.19. The fourth-order valence-corrected chi connectivity index (χ4v) is 5.07. The Kier molecular flexibility index (Phi) is 8.00. The van der Waals surface area contributed by atoms with E-state index in [1.807, 2.05) is 66.0 Å². The number of aromatic nitrogens is 1. The summed E-state index contributed by atoms with van der Waals surface area (Å²) in [5.41, 5.74) is 1.35. The number of carbonyl (C=O) groups excluding carboxylic acids is 2. The van der Waals surface area contributed by atoms with E-state index < -0.39 is 23.4 Å². The van der Waals surface area contributed by atoms with Crippen LogP contribution in [0.2, 0.25) is 5.15 Å². The lowest BCUT2D eigenvalue weighted by atomic mass is 10.0. The highest BCUT2D eigenvalue weighted by Gasteiger charge is 2.35. The number of pyridine rings is 1. The number of thiophene rings is 1. The highest BCUT2D eigenvalue weighted by atomic mass is 35.5. The van der Waals surface area contributed by atoms with Crippen LogP contribution >= 0.6 is 22.9 Å². The lowest BCUT2D eigenvalue weighted by Crippen LogP contribution is -2.38. The van der Waals surface area contributed by atoms with Crippen molar-refractivity contribution in [1.29, 1.82) is 0 Å². The van der Waals surface area contributed by atoms with Gasteiger partial charge in [-0.25, -0.2) is 14.6 Å². The van der Waals surface area contributed by atoms with Crippen molar-refractivity contribution < 1.29 is 23.5 Å². The number of carbonyl (C=O) groups is 2. The van der Waals surface area contributed by atoms with Gasteiger partial charge in [-0.15, -0.1) is 11.3 Å². The summed E-state index contributed by atoms with van der Waals surface area (Å²) in [5.74, 6) is 1.02. The van der Waals surface area contributed by atoms with Crippen LogP contribution < -0.4 is 10.2 Å². The van der Waals surface area contributed by atoms with Crippen LogP contribution in [0, 0.1) is 0 Å². The van der Waals surface area contributed by atoms with Crippen LogP contribution in [-0.2, 0) is 22.4 Å². The first-order valence-corrected chi connectivity index (χ1v) is 14.1. The van der Waals surface area contributed by atoms with Crippen molar-refractivity contribution in [2.45, 2.75) is 97.4 Å². The normalized spacial score (nSPS) is 14.8. The van der Waals surface area contributed by atoms with Crippen molar-refractivity contribution in [3.8, 4) is 0 Å². The molecule has 1 N–H and O–H groups in total. The van der Waals surface area contributed by atoms with Crippen molar-refractivity contribution in [2.24, 2.45) is 0 Å². The Morgan fingerprint density at radius 3 is 2.47 bits per heavy atom. The van der Waals surface area contributed by atoms with Gasteiger partial charge in [-0.1, -0.05) is 17.7 Å². The maximum Gasteiger partial charge on any atom is 0.415 e. The predicted octanol–water partition coefficient (Wildman–Crippen LogP) is 7.82. The molecule has 0 unspecified atom stereocenters. The Balaban J connectivity index is 1.73. The zero-order valence-electron chi connectivity index (χ0n) is 23.0. The van der Waals surface area contributed by atoms with Gasteiger partial charge in [-0.05, 0) is 78.7 Å². The number of furan rings is 1. The SMILES string of the molecule is C[C@@H](Cc1oc2c(N(Cc3cccs3)C(=O)OC(C)(C)C)cc(Cl)nc2c1C1CC1)NC(=O)OC(C)(C)C. The van der Waals surface area contributed by atoms with E-state index in [9.17, 15) is 9.59 Å². The van der Waals surface area contributed by atoms with Crippen molar-refractivity contribution >= 4 is 51.9 Å². The van der Waals surface area contributed by atoms with Crippen LogP contribution in [0.25, 0.3) is 11.1 Å². The number of halogens is 1. The van der Waals surface area contributed by atoms with Gasteiger partial charge < -0.3 is 19.2 Å². The smallest absolute Gasteiger partial charge is 0.415 e. The summed E-state index contributed by atoms with van der Waals surface area (Å²) in [5, 5.41) is 5.12. The minimum atomic E-state index is -0.684. The molecule has 1 aliphatic rings. The van der Waals surface area contributed by atoms with Crippen molar-refractivity contribution in [1.82, 2.24) is 10.3 Å². The molecule has 8 nitrogen and oxygen atoms in total. The quantitative estimate of drug-likeness (QED) is 0.295. The molecule has 38 heavy (non-hydrogen) atoms. The standard InChI is InChI=1S/C28H36ClN3O5S/c1-16(30-25(33)36-27(2,3)4)13-20-22(17-10-11-17)23-24(35-20)19(14-21(29)31-23)32(15-18-9-8-12-38-18)26(34)37-28(5,6)7/h8-9,12,14,16-17H,10-11,13,15H2,1-7H3,(H,30,33)/t16-/m0/s1. The van der Waals surface area contributed by atoms with Gasteiger partial charge in [0, 0.05) is 29.0 Å². The molecule has 206 valence electrons. The third-order valence-corrected chi connectivity index (χ3v) is 6.80. The second-order valence-corrected chi connectivity index (χ2v) is 13.2. The molecule has 0 bridgehead atoms. The van der Waals surface area contributed by atoms with Crippen molar-refractivity contribution in [3.63, 3.8) is 0 Å². The summed E-state index contributed by atoms with van der Waals surface area (Å²) < 4.78 is 17.6. The van der Waals surface area contributed by atoms with Gasteiger partial charge in [-0.2, -0.15) is 0 Å². The maximum absolute atomic E-state index is 13.4. The molecule has 10 heteroatoms. The highest BCUT2D eigenvalue weighted by molar-refractivity contribution is 7.09. The molecule has 1 fully saturated rings. The molecule has 0 saturated heterocycles. The van der Waals surface area contributed by atoms with Gasteiger partial charge in [0.25, 0.3) is 0 Å². The second kappa shape index (κ2) is 10.8. The lowest BCUT2D eigenvalue weighted by molar-refractivity contribution is 0.0505. The largest absolute Gasteiger partial charge is 0.457 e. The third-order valence-electron chi connectivity index (χ3n) is 5.74. The van der Waals surface area contributed by atoms with E-state index in [0.717, 1.165) is 29.0 Å². The number of rotatable bonds is 7. The van der Waals surface area contributed by atoms with Gasteiger partial charge in [0.1, 0.15) is 27.6 Å². The Labute approximate surface area is 232 Å². The van der Waals surface area contributed by atoms with E-state index in [2.05, 4.69) is 10.3 Å². The Hall–Kier alpha value is -2.78. The summed E-state index contributed by atoms with van der Waals surface area (Å²) >= 11 is 8.08. The fraction of sp³-hybridized carbons (Fsp3) is 0.536. The molecule has 1 atom stereocenters. The van der Waals surface area contributed by atoms with Crippen LogP contribution in [0.4, 0.5) is 15.3 Å². The van der Waals surface area contributed by atoms with Crippen LogP contribution in [0.15, 0.2) is 28.0 Å². The van der Waals surface area contributed by atoms with E-state index >= 15 is 0 Å². The summed E-state index contributed by atoms with van der Waals surface area (Å²) in [6.07, 6.45) is 1.49. The molecule has 0 spiro atoms. The Bertz CT molecular complexity index is 1300. The molecule has 0 aromatic carbocycles. The average Bonchev–Trinajstić information content (AvgIpc) is 3.32. The molecule has 0 radical (unpaired) electrons. The first kappa shape index (κ1) is 28.2. The second-order valence-electron chi connectivity index (χ2n) is 11.8. The van der Waals surface area contributed by atoms with E-state index in [0.29, 0.717) is 35.7 Å².